The van der Waals surface area contributed by atoms with Crippen LogP contribution in [0.3, 0.4) is 0 Å². The smallest absolute Gasteiger partial charge is 0.146 e. The van der Waals surface area contributed by atoms with E-state index in [0.717, 1.165) is 6.42 Å². The summed E-state index contributed by atoms with van der Waals surface area (Å²) in [6.45, 7) is 1.93. The molecule has 1 unspecified atom stereocenters. The Balaban J connectivity index is 2.18. The van der Waals surface area contributed by atoms with Crippen molar-refractivity contribution >= 4 is 5.90 Å². The lowest BCUT2D eigenvalue weighted by Gasteiger charge is -2.13. The van der Waals surface area contributed by atoms with Crippen LogP contribution in [-0.2, 0) is 4.84 Å². The molecule has 1 N–H and O–H groups in total. The molecule has 0 bridgehead atoms. The fraction of sp³-hybridized carbons (Fsp3) is 0.462. The summed E-state index contributed by atoms with van der Waals surface area (Å²) in [7, 11) is 0. The van der Waals surface area contributed by atoms with Gasteiger partial charge in [0, 0.05) is 5.90 Å². The minimum atomic E-state index is -0.816. The van der Waals surface area contributed by atoms with Crippen molar-refractivity contribution in [1.29, 1.82) is 0 Å². The van der Waals surface area contributed by atoms with Crippen LogP contribution in [0.1, 0.15) is 19.8 Å². The van der Waals surface area contributed by atoms with Crippen molar-refractivity contribution in [1.82, 2.24) is 0 Å². The first-order valence-electron chi connectivity index (χ1n) is 5.94. The number of oxime groups is 1. The van der Waals surface area contributed by atoms with Crippen LogP contribution in [-0.4, -0.2) is 30.3 Å². The summed E-state index contributed by atoms with van der Waals surface area (Å²) in [6, 6.07) is 9.16. The minimum Gasteiger partial charge on any atom is -0.859 e. The Morgan fingerprint density at radius 3 is 2.72 bits per heavy atom. The van der Waals surface area contributed by atoms with E-state index in [0.29, 0.717) is 12.2 Å². The van der Waals surface area contributed by atoms with Crippen LogP contribution in [0.4, 0.5) is 0 Å². The molecule has 0 radical (unpaired) electrons. The van der Waals surface area contributed by atoms with Gasteiger partial charge in [-0.2, -0.15) is 0 Å². The number of aliphatic hydroxyl groups is 1. The standard InChI is InChI=1S/C13H19NO4/c1-2-6-13(16)14-18-10-11(15)9-17-12-7-4-3-5-8-12/h3-5,7-8,11,15H,2,6,9-10H2,1H3,(H,14,16)/p-1. The van der Waals surface area contributed by atoms with Gasteiger partial charge in [0.05, 0.1) is 0 Å². The Hall–Kier alpha value is -1.75. The molecule has 0 amide bonds. The quantitative estimate of drug-likeness (QED) is 0.424. The van der Waals surface area contributed by atoms with Crippen LogP contribution in [0.25, 0.3) is 0 Å². The lowest BCUT2D eigenvalue weighted by Crippen LogP contribution is -2.24. The molecule has 0 aromatic heterocycles. The molecule has 1 atom stereocenters. The Kier molecular flexibility index (Phi) is 6.64. The highest BCUT2D eigenvalue weighted by Gasteiger charge is 2.05. The maximum atomic E-state index is 11.0. The summed E-state index contributed by atoms with van der Waals surface area (Å²) in [5.74, 6) is 0.365. The first kappa shape index (κ1) is 14.3. The zero-order valence-corrected chi connectivity index (χ0v) is 10.4. The van der Waals surface area contributed by atoms with Gasteiger partial charge in [-0.25, -0.2) is 0 Å². The molecule has 0 heterocycles. The summed E-state index contributed by atoms with van der Waals surface area (Å²) < 4.78 is 5.32. The SMILES string of the molecule is CCC/C([O-])=N\OCC(O)COc1ccccc1. The first-order valence-corrected chi connectivity index (χ1v) is 5.94. The number of hydrogen-bond donors (Lipinski definition) is 1. The predicted octanol–water partition coefficient (Wildman–Crippen LogP) is 0.917. The van der Waals surface area contributed by atoms with E-state index in [-0.39, 0.29) is 19.1 Å². The topological polar surface area (TPSA) is 74.1 Å². The van der Waals surface area contributed by atoms with Gasteiger partial charge in [0.2, 0.25) is 0 Å². The van der Waals surface area contributed by atoms with Gasteiger partial charge < -0.3 is 19.8 Å². The van der Waals surface area contributed by atoms with Crippen molar-refractivity contribution in [2.75, 3.05) is 13.2 Å². The van der Waals surface area contributed by atoms with Crippen molar-refractivity contribution in [2.45, 2.75) is 25.9 Å². The third-order valence-corrected chi connectivity index (χ3v) is 2.08. The van der Waals surface area contributed by atoms with E-state index in [1.165, 1.54) is 0 Å². The molecule has 0 aliphatic carbocycles. The molecule has 0 saturated heterocycles. The average Bonchev–Trinajstić information content (AvgIpc) is 2.38. The molecule has 5 heteroatoms. The molecule has 100 valence electrons. The van der Waals surface area contributed by atoms with Gasteiger partial charge in [-0.3, -0.25) is 0 Å². The van der Waals surface area contributed by atoms with Crippen LogP contribution in [0.5, 0.6) is 5.75 Å². The van der Waals surface area contributed by atoms with Crippen molar-refractivity contribution in [3.63, 3.8) is 0 Å². The van der Waals surface area contributed by atoms with Crippen molar-refractivity contribution in [3.8, 4) is 5.75 Å². The fourth-order valence-electron chi connectivity index (χ4n) is 1.21. The summed E-state index contributed by atoms with van der Waals surface area (Å²) >= 11 is 0. The Morgan fingerprint density at radius 2 is 2.06 bits per heavy atom. The molecule has 1 rings (SSSR count). The number of aliphatic hydroxyl groups excluding tert-OH is 1. The van der Waals surface area contributed by atoms with E-state index in [2.05, 4.69) is 5.16 Å². The van der Waals surface area contributed by atoms with Gasteiger partial charge >= 0.3 is 0 Å². The number of hydrogen-bond acceptors (Lipinski definition) is 5. The Bertz CT molecular complexity index is 353. The maximum Gasteiger partial charge on any atom is 0.146 e. The average molecular weight is 252 g/mol. The van der Waals surface area contributed by atoms with Crippen LogP contribution < -0.4 is 9.84 Å². The van der Waals surface area contributed by atoms with Gasteiger partial charge in [0.1, 0.15) is 25.1 Å². The molecule has 5 nitrogen and oxygen atoms in total. The molecule has 0 spiro atoms. The molecule has 0 fully saturated rings. The molecular weight excluding hydrogens is 234 g/mol. The number of benzene rings is 1. The molecule has 1 aromatic rings. The van der Waals surface area contributed by atoms with E-state index in [1.807, 2.05) is 25.1 Å². The van der Waals surface area contributed by atoms with Gasteiger partial charge in [0.25, 0.3) is 0 Å². The number of rotatable bonds is 8. The monoisotopic (exact) mass is 252 g/mol. The largest absolute Gasteiger partial charge is 0.859 e. The third-order valence-electron chi connectivity index (χ3n) is 2.08. The van der Waals surface area contributed by atoms with Crippen LogP contribution in [0.2, 0.25) is 0 Å². The highest BCUT2D eigenvalue weighted by molar-refractivity contribution is 5.70. The predicted molar refractivity (Wildman–Crippen MR) is 66.2 cm³/mol. The molecular formula is C13H18NO4-. The molecule has 0 aliphatic heterocycles. The van der Waals surface area contributed by atoms with E-state index >= 15 is 0 Å². The van der Waals surface area contributed by atoms with Crippen molar-refractivity contribution in [3.05, 3.63) is 30.3 Å². The normalized spacial score (nSPS) is 13.1. The summed E-state index contributed by atoms with van der Waals surface area (Å²) in [5.41, 5.74) is 0. The van der Waals surface area contributed by atoms with Gasteiger partial charge in [0.15, 0.2) is 0 Å². The van der Waals surface area contributed by atoms with Gasteiger partial charge in [-0.15, -0.1) is 5.16 Å². The fourth-order valence-corrected chi connectivity index (χ4v) is 1.21. The number of para-hydroxylation sites is 1. The number of ether oxygens (including phenoxy) is 1. The lowest BCUT2D eigenvalue weighted by atomic mass is 10.3. The highest BCUT2D eigenvalue weighted by atomic mass is 16.6. The number of nitrogens with zero attached hydrogens (tertiary/aromatic N) is 1. The lowest BCUT2D eigenvalue weighted by molar-refractivity contribution is -0.224. The van der Waals surface area contributed by atoms with Crippen molar-refractivity contribution < 1.29 is 19.8 Å². The van der Waals surface area contributed by atoms with Crippen LogP contribution in [0, 0.1) is 0 Å². The molecule has 0 saturated carbocycles. The summed E-state index contributed by atoms with van der Waals surface area (Å²) in [6.07, 6.45) is 0.269. The zero-order chi connectivity index (χ0) is 13.2. The molecule has 0 aliphatic rings. The Morgan fingerprint density at radius 1 is 1.33 bits per heavy atom. The van der Waals surface area contributed by atoms with Gasteiger partial charge in [-0.05, 0) is 18.6 Å². The maximum absolute atomic E-state index is 11.0. The minimum absolute atomic E-state index is 0.0533. The molecule has 18 heavy (non-hydrogen) atoms. The summed E-state index contributed by atoms with van der Waals surface area (Å²) in [4.78, 5) is 4.74. The second-order valence-corrected chi connectivity index (χ2v) is 3.81. The van der Waals surface area contributed by atoms with Crippen LogP contribution in [0.15, 0.2) is 35.5 Å². The van der Waals surface area contributed by atoms with E-state index in [9.17, 15) is 10.2 Å². The zero-order valence-electron chi connectivity index (χ0n) is 10.4. The van der Waals surface area contributed by atoms with Gasteiger partial charge in [-0.1, -0.05) is 31.5 Å². The third kappa shape index (κ3) is 6.10. The van der Waals surface area contributed by atoms with Crippen LogP contribution >= 0.6 is 0 Å². The summed E-state index contributed by atoms with van der Waals surface area (Å²) in [5, 5.41) is 23.9. The van der Waals surface area contributed by atoms with E-state index < -0.39 is 6.10 Å². The second kappa shape index (κ2) is 8.36. The first-order chi connectivity index (χ1) is 8.72. The molecule has 1 aromatic carbocycles. The second-order valence-electron chi connectivity index (χ2n) is 3.81. The van der Waals surface area contributed by atoms with E-state index in [4.69, 9.17) is 9.57 Å². The van der Waals surface area contributed by atoms with Crippen molar-refractivity contribution in [2.24, 2.45) is 5.16 Å². The highest BCUT2D eigenvalue weighted by Crippen LogP contribution is 2.08. The Labute approximate surface area is 107 Å². The van der Waals surface area contributed by atoms with E-state index in [1.54, 1.807) is 12.1 Å².